The Morgan fingerprint density at radius 3 is 2.67 bits per heavy atom. The molecule has 0 radical (unpaired) electrons. The first kappa shape index (κ1) is 19.5. The molecule has 2 rings (SSSR count). The molecule has 1 aliphatic heterocycles. The fourth-order valence-corrected chi connectivity index (χ4v) is 2.80. The molecule has 1 saturated heterocycles. The minimum atomic E-state index is 0.0551. The summed E-state index contributed by atoms with van der Waals surface area (Å²) in [5.74, 6) is 1.75. The Bertz CT molecular complexity index is 377. The van der Waals surface area contributed by atoms with E-state index in [4.69, 9.17) is 14.5 Å². The second kappa shape index (κ2) is 10.2. The van der Waals surface area contributed by atoms with Crippen molar-refractivity contribution < 1.29 is 9.47 Å². The molecule has 2 N–H and O–H groups in total. The van der Waals surface area contributed by atoms with Crippen LogP contribution in [-0.2, 0) is 9.47 Å². The van der Waals surface area contributed by atoms with Gasteiger partial charge >= 0.3 is 0 Å². The summed E-state index contributed by atoms with van der Waals surface area (Å²) in [6.45, 7) is 14.6. The molecule has 0 aromatic heterocycles. The Hall–Kier alpha value is -0.850. The van der Waals surface area contributed by atoms with Crippen LogP contribution in [0.2, 0.25) is 0 Å². The van der Waals surface area contributed by atoms with E-state index in [2.05, 4.69) is 36.3 Å². The van der Waals surface area contributed by atoms with E-state index >= 15 is 0 Å². The molecular formula is C18H36N4O2. The molecule has 1 aliphatic carbocycles. The summed E-state index contributed by atoms with van der Waals surface area (Å²) >= 11 is 0. The highest BCUT2D eigenvalue weighted by Gasteiger charge is 2.28. The van der Waals surface area contributed by atoms with Crippen LogP contribution < -0.4 is 10.6 Å². The quantitative estimate of drug-likeness (QED) is 0.358. The van der Waals surface area contributed by atoms with E-state index in [0.717, 1.165) is 77.4 Å². The van der Waals surface area contributed by atoms with Gasteiger partial charge in [0.1, 0.15) is 0 Å². The minimum absolute atomic E-state index is 0.0551. The molecular weight excluding hydrogens is 304 g/mol. The summed E-state index contributed by atoms with van der Waals surface area (Å²) < 4.78 is 11.1. The predicted molar refractivity (Wildman–Crippen MR) is 98.6 cm³/mol. The molecule has 140 valence electrons. The van der Waals surface area contributed by atoms with Gasteiger partial charge in [0.15, 0.2) is 5.96 Å². The largest absolute Gasteiger partial charge is 0.381 e. The molecule has 24 heavy (non-hydrogen) atoms. The number of ether oxygens (including phenoxy) is 2. The molecule has 6 heteroatoms. The first-order valence-electron chi connectivity index (χ1n) is 9.54. The standard InChI is InChI=1S/C18H36N4O2/c1-4-19-17(20-8-5-11-24-14-16-6-7-16)21-15-18(2,3)22-9-12-23-13-10-22/h16H,4-15H2,1-3H3,(H2,19,20,21). The maximum Gasteiger partial charge on any atom is 0.191 e. The normalized spacial score (nSPS) is 20.2. The summed E-state index contributed by atoms with van der Waals surface area (Å²) in [5.41, 5.74) is 0.0551. The van der Waals surface area contributed by atoms with Gasteiger partial charge < -0.3 is 20.1 Å². The number of aliphatic imine (C=N–C) groups is 1. The average Bonchev–Trinajstić information content (AvgIpc) is 3.41. The van der Waals surface area contributed by atoms with Crippen molar-refractivity contribution in [3.63, 3.8) is 0 Å². The third-order valence-electron chi connectivity index (χ3n) is 4.64. The number of guanidine groups is 1. The molecule has 0 aromatic rings. The number of hydrogen-bond acceptors (Lipinski definition) is 4. The van der Waals surface area contributed by atoms with Crippen molar-refractivity contribution in [1.29, 1.82) is 0 Å². The van der Waals surface area contributed by atoms with E-state index in [1.54, 1.807) is 0 Å². The van der Waals surface area contributed by atoms with E-state index < -0.39 is 0 Å². The lowest BCUT2D eigenvalue weighted by Crippen LogP contribution is -2.52. The monoisotopic (exact) mass is 340 g/mol. The van der Waals surface area contributed by atoms with Crippen LogP contribution in [-0.4, -0.2) is 75.5 Å². The van der Waals surface area contributed by atoms with Gasteiger partial charge in [-0.05, 0) is 46.0 Å². The zero-order valence-electron chi connectivity index (χ0n) is 15.8. The van der Waals surface area contributed by atoms with Crippen molar-refractivity contribution in [2.24, 2.45) is 10.9 Å². The van der Waals surface area contributed by atoms with Crippen LogP contribution in [0.1, 0.15) is 40.0 Å². The topological polar surface area (TPSA) is 58.1 Å². The van der Waals surface area contributed by atoms with Crippen molar-refractivity contribution in [1.82, 2.24) is 15.5 Å². The minimum Gasteiger partial charge on any atom is -0.381 e. The van der Waals surface area contributed by atoms with Gasteiger partial charge in [-0.15, -0.1) is 0 Å². The molecule has 2 aliphatic rings. The highest BCUT2D eigenvalue weighted by Crippen LogP contribution is 2.28. The van der Waals surface area contributed by atoms with Gasteiger partial charge in [-0.1, -0.05) is 0 Å². The Morgan fingerprint density at radius 1 is 1.25 bits per heavy atom. The lowest BCUT2D eigenvalue weighted by Gasteiger charge is -2.39. The number of nitrogens with one attached hydrogen (secondary N) is 2. The van der Waals surface area contributed by atoms with Crippen LogP contribution in [0.4, 0.5) is 0 Å². The van der Waals surface area contributed by atoms with E-state index in [1.807, 2.05) is 0 Å². The van der Waals surface area contributed by atoms with Crippen molar-refractivity contribution in [2.45, 2.75) is 45.6 Å². The van der Waals surface area contributed by atoms with Gasteiger partial charge in [-0.2, -0.15) is 0 Å². The molecule has 1 heterocycles. The summed E-state index contributed by atoms with van der Waals surface area (Å²) in [4.78, 5) is 7.26. The molecule has 2 fully saturated rings. The molecule has 0 unspecified atom stereocenters. The van der Waals surface area contributed by atoms with Crippen LogP contribution in [0.25, 0.3) is 0 Å². The second-order valence-corrected chi connectivity index (χ2v) is 7.41. The zero-order valence-corrected chi connectivity index (χ0v) is 15.8. The summed E-state index contributed by atoms with van der Waals surface area (Å²) in [6, 6.07) is 0. The third kappa shape index (κ3) is 7.36. The zero-order chi connectivity index (χ0) is 17.3. The lowest BCUT2D eigenvalue weighted by atomic mass is 10.0. The molecule has 1 saturated carbocycles. The van der Waals surface area contributed by atoms with Gasteiger partial charge in [0.05, 0.1) is 19.8 Å². The Morgan fingerprint density at radius 2 is 2.00 bits per heavy atom. The van der Waals surface area contributed by atoms with Crippen LogP contribution in [0.15, 0.2) is 4.99 Å². The molecule has 0 amide bonds. The van der Waals surface area contributed by atoms with Crippen LogP contribution in [0.5, 0.6) is 0 Å². The van der Waals surface area contributed by atoms with Gasteiger partial charge in [-0.3, -0.25) is 9.89 Å². The van der Waals surface area contributed by atoms with Crippen LogP contribution in [0.3, 0.4) is 0 Å². The van der Waals surface area contributed by atoms with Gasteiger partial charge in [0, 0.05) is 44.9 Å². The fourth-order valence-electron chi connectivity index (χ4n) is 2.80. The molecule has 0 atom stereocenters. The Kier molecular flexibility index (Phi) is 8.29. The van der Waals surface area contributed by atoms with Crippen LogP contribution >= 0.6 is 0 Å². The van der Waals surface area contributed by atoms with Crippen molar-refractivity contribution in [2.75, 3.05) is 59.2 Å². The maximum atomic E-state index is 5.67. The van der Waals surface area contributed by atoms with E-state index in [-0.39, 0.29) is 5.54 Å². The van der Waals surface area contributed by atoms with Gasteiger partial charge in [0.25, 0.3) is 0 Å². The Balaban J connectivity index is 1.67. The number of morpholine rings is 1. The highest BCUT2D eigenvalue weighted by molar-refractivity contribution is 5.79. The lowest BCUT2D eigenvalue weighted by molar-refractivity contribution is -0.00683. The van der Waals surface area contributed by atoms with E-state index in [0.29, 0.717) is 0 Å². The summed E-state index contributed by atoms with van der Waals surface area (Å²) in [5, 5.41) is 6.75. The number of nitrogens with zero attached hydrogens (tertiary/aromatic N) is 2. The third-order valence-corrected chi connectivity index (χ3v) is 4.64. The SMILES string of the molecule is CCNC(=NCC(C)(C)N1CCOCC1)NCCCOCC1CC1. The van der Waals surface area contributed by atoms with Crippen molar-refractivity contribution in [3.05, 3.63) is 0 Å². The smallest absolute Gasteiger partial charge is 0.191 e. The fraction of sp³-hybridized carbons (Fsp3) is 0.944. The summed E-state index contributed by atoms with van der Waals surface area (Å²) in [7, 11) is 0. The number of rotatable bonds is 10. The van der Waals surface area contributed by atoms with Crippen LogP contribution in [0, 0.1) is 5.92 Å². The van der Waals surface area contributed by atoms with Crippen molar-refractivity contribution >= 4 is 5.96 Å². The first-order valence-corrected chi connectivity index (χ1v) is 9.54. The molecule has 0 bridgehead atoms. The molecule has 6 nitrogen and oxygen atoms in total. The predicted octanol–water partition coefficient (Wildman–Crippen LogP) is 1.47. The Labute approximate surface area is 147 Å². The molecule has 0 aromatic carbocycles. The van der Waals surface area contributed by atoms with E-state index in [9.17, 15) is 0 Å². The number of hydrogen-bond donors (Lipinski definition) is 2. The van der Waals surface area contributed by atoms with E-state index in [1.165, 1.54) is 12.8 Å². The van der Waals surface area contributed by atoms with Gasteiger partial charge in [0.2, 0.25) is 0 Å². The van der Waals surface area contributed by atoms with Gasteiger partial charge in [-0.25, -0.2) is 0 Å². The highest BCUT2D eigenvalue weighted by atomic mass is 16.5. The van der Waals surface area contributed by atoms with Crippen molar-refractivity contribution in [3.8, 4) is 0 Å². The first-order chi connectivity index (χ1) is 11.6. The molecule has 0 spiro atoms. The second-order valence-electron chi connectivity index (χ2n) is 7.41. The average molecular weight is 341 g/mol. The maximum absolute atomic E-state index is 5.67. The summed E-state index contributed by atoms with van der Waals surface area (Å²) in [6.07, 6.45) is 3.73.